The highest BCUT2D eigenvalue weighted by Gasteiger charge is 2.34. The van der Waals surface area contributed by atoms with Crippen molar-refractivity contribution in [3.8, 4) is 0 Å². The molecule has 23 heavy (non-hydrogen) atoms. The number of aromatic nitrogens is 3. The van der Waals surface area contributed by atoms with Crippen LogP contribution in [0.3, 0.4) is 0 Å². The number of hydrogen-bond donors (Lipinski definition) is 0. The topological polar surface area (TPSA) is 62.2 Å². The number of rotatable bonds is 3. The van der Waals surface area contributed by atoms with Gasteiger partial charge in [-0.15, -0.1) is 11.3 Å². The van der Waals surface area contributed by atoms with Crippen LogP contribution < -0.4 is 4.90 Å². The van der Waals surface area contributed by atoms with E-state index in [1.807, 2.05) is 11.2 Å². The maximum absolute atomic E-state index is 12.3. The van der Waals surface area contributed by atoms with Gasteiger partial charge in [-0.3, -0.25) is 4.79 Å². The molecular weight excluding hydrogens is 330 g/mol. The molecule has 1 aliphatic heterocycles. The van der Waals surface area contributed by atoms with Crippen LogP contribution in [0.5, 0.6) is 0 Å². The lowest BCUT2D eigenvalue weighted by Crippen LogP contribution is -2.36. The third-order valence-corrected chi connectivity index (χ3v) is 6.39. The fraction of sp³-hybridized carbons (Fsp3) is 0.600. The molecule has 2 aliphatic rings. The third kappa shape index (κ3) is 3.01. The molecule has 1 amide bonds. The first kappa shape index (κ1) is 15.1. The van der Waals surface area contributed by atoms with Crippen LogP contribution in [-0.2, 0) is 4.79 Å². The van der Waals surface area contributed by atoms with E-state index in [-0.39, 0.29) is 0 Å². The van der Waals surface area contributed by atoms with Gasteiger partial charge < -0.3 is 9.80 Å². The first-order chi connectivity index (χ1) is 11.3. The molecule has 0 spiro atoms. The summed E-state index contributed by atoms with van der Waals surface area (Å²) in [6.07, 6.45) is 6.75. The number of carbonyl (C=O) groups excluding carboxylic acids is 1. The summed E-state index contributed by atoms with van der Waals surface area (Å²) in [7, 11) is 0. The fourth-order valence-electron chi connectivity index (χ4n) is 2.97. The van der Waals surface area contributed by atoms with Gasteiger partial charge >= 0.3 is 0 Å². The smallest absolute Gasteiger partial charge is 0.225 e. The third-order valence-electron chi connectivity index (χ3n) is 4.36. The second-order valence-corrected chi connectivity index (χ2v) is 8.03. The van der Waals surface area contributed by atoms with Gasteiger partial charge in [-0.25, -0.2) is 15.0 Å². The number of amides is 1. The van der Waals surface area contributed by atoms with Crippen LogP contribution in [0.25, 0.3) is 10.3 Å². The number of nitrogens with zero attached hydrogens (tertiary/aromatic N) is 5. The molecule has 0 N–H and O–H groups in total. The lowest BCUT2D eigenvalue weighted by molar-refractivity contribution is -0.132. The van der Waals surface area contributed by atoms with Gasteiger partial charge in [0.25, 0.3) is 0 Å². The zero-order valence-electron chi connectivity index (χ0n) is 13.1. The molecule has 1 aliphatic carbocycles. The highest BCUT2D eigenvalue weighted by atomic mass is 32.2. The Balaban J connectivity index is 1.56. The second kappa shape index (κ2) is 6.24. The summed E-state index contributed by atoms with van der Waals surface area (Å²) in [5.41, 5.74) is 0.777. The lowest BCUT2D eigenvalue weighted by atomic mass is 10.3. The molecule has 0 aromatic carbocycles. The Kier molecular flexibility index (Phi) is 4.11. The molecule has 0 bridgehead atoms. The van der Waals surface area contributed by atoms with Crippen LogP contribution in [0.15, 0.2) is 10.7 Å². The molecule has 0 radical (unpaired) electrons. The van der Waals surface area contributed by atoms with E-state index in [1.54, 1.807) is 29.4 Å². The molecule has 2 aromatic heterocycles. The van der Waals surface area contributed by atoms with Crippen LogP contribution in [0.2, 0.25) is 0 Å². The number of thiazole rings is 1. The van der Waals surface area contributed by atoms with E-state index in [2.05, 4.69) is 19.9 Å². The molecule has 8 heteroatoms. The van der Waals surface area contributed by atoms with Crippen LogP contribution in [0, 0.1) is 5.92 Å². The minimum Gasteiger partial charge on any atom is -0.353 e. The Morgan fingerprint density at radius 2 is 2.13 bits per heavy atom. The van der Waals surface area contributed by atoms with Crippen molar-refractivity contribution in [2.75, 3.05) is 37.3 Å². The van der Waals surface area contributed by atoms with E-state index < -0.39 is 0 Å². The maximum Gasteiger partial charge on any atom is 0.225 e. The summed E-state index contributed by atoms with van der Waals surface area (Å²) in [5, 5.41) is 0. The Morgan fingerprint density at radius 3 is 2.91 bits per heavy atom. The Morgan fingerprint density at radius 1 is 1.26 bits per heavy atom. The van der Waals surface area contributed by atoms with Gasteiger partial charge in [0.1, 0.15) is 11.0 Å². The van der Waals surface area contributed by atoms with Crippen molar-refractivity contribution < 1.29 is 4.79 Å². The quantitative estimate of drug-likeness (QED) is 0.792. The van der Waals surface area contributed by atoms with Gasteiger partial charge in [0.15, 0.2) is 15.8 Å². The summed E-state index contributed by atoms with van der Waals surface area (Å²) in [5.74, 6) is 1.62. The van der Waals surface area contributed by atoms with E-state index in [0.29, 0.717) is 11.8 Å². The van der Waals surface area contributed by atoms with Crippen LogP contribution >= 0.6 is 23.1 Å². The van der Waals surface area contributed by atoms with Gasteiger partial charge in [-0.05, 0) is 25.5 Å². The Hall–Kier alpha value is -1.41. The summed E-state index contributed by atoms with van der Waals surface area (Å²) in [4.78, 5) is 29.9. The van der Waals surface area contributed by atoms with Gasteiger partial charge in [-0.2, -0.15) is 0 Å². The number of carbonyl (C=O) groups is 1. The molecule has 122 valence electrons. The molecule has 0 atom stereocenters. The zero-order chi connectivity index (χ0) is 15.8. The van der Waals surface area contributed by atoms with E-state index in [9.17, 15) is 4.79 Å². The fourth-order valence-corrected chi connectivity index (χ4v) is 4.50. The van der Waals surface area contributed by atoms with Gasteiger partial charge in [-0.1, -0.05) is 11.8 Å². The highest BCUT2D eigenvalue weighted by Crippen LogP contribution is 2.34. The highest BCUT2D eigenvalue weighted by molar-refractivity contribution is 8.00. The van der Waals surface area contributed by atoms with Crippen molar-refractivity contribution in [1.29, 1.82) is 0 Å². The second-order valence-electron chi connectivity index (χ2n) is 5.97. The Labute approximate surface area is 143 Å². The monoisotopic (exact) mass is 349 g/mol. The van der Waals surface area contributed by atoms with Crippen molar-refractivity contribution in [2.45, 2.75) is 23.6 Å². The average Bonchev–Trinajstić information content (AvgIpc) is 3.36. The summed E-state index contributed by atoms with van der Waals surface area (Å²) >= 11 is 3.29. The minimum absolute atomic E-state index is 0.304. The van der Waals surface area contributed by atoms with Crippen LogP contribution in [-0.4, -0.2) is 58.2 Å². The van der Waals surface area contributed by atoms with Crippen molar-refractivity contribution in [3.05, 3.63) is 6.33 Å². The summed E-state index contributed by atoms with van der Waals surface area (Å²) < 4.78 is 2.07. The van der Waals surface area contributed by atoms with E-state index >= 15 is 0 Å². The average molecular weight is 349 g/mol. The van der Waals surface area contributed by atoms with Crippen LogP contribution in [0.1, 0.15) is 19.3 Å². The minimum atomic E-state index is 0.304. The molecule has 6 nitrogen and oxygen atoms in total. The molecule has 1 saturated carbocycles. The van der Waals surface area contributed by atoms with Crippen molar-refractivity contribution in [3.63, 3.8) is 0 Å². The van der Waals surface area contributed by atoms with Gasteiger partial charge in [0, 0.05) is 32.1 Å². The first-order valence-electron chi connectivity index (χ1n) is 7.95. The molecule has 4 rings (SSSR count). The summed E-state index contributed by atoms with van der Waals surface area (Å²) in [6, 6.07) is 0. The van der Waals surface area contributed by atoms with Crippen LogP contribution in [0.4, 0.5) is 5.82 Å². The molecule has 2 fully saturated rings. The van der Waals surface area contributed by atoms with E-state index in [0.717, 1.165) is 65.9 Å². The number of fused-ring (bicyclic) bond motifs is 1. The molecule has 3 heterocycles. The summed E-state index contributed by atoms with van der Waals surface area (Å²) in [6.45, 7) is 3.40. The number of thioether (sulfide) groups is 1. The first-order valence-corrected chi connectivity index (χ1v) is 9.99. The van der Waals surface area contributed by atoms with Crippen molar-refractivity contribution in [1.82, 2.24) is 19.9 Å². The Bertz CT molecular complexity index is 730. The maximum atomic E-state index is 12.3. The number of anilines is 1. The predicted molar refractivity (Wildman–Crippen MR) is 93.1 cm³/mol. The van der Waals surface area contributed by atoms with Crippen molar-refractivity contribution in [2.24, 2.45) is 5.92 Å². The van der Waals surface area contributed by atoms with Gasteiger partial charge in [0.05, 0.1) is 0 Å². The largest absolute Gasteiger partial charge is 0.353 e. The predicted octanol–water partition coefficient (Wildman–Crippen LogP) is 2.26. The molecule has 2 aromatic rings. The number of hydrogen-bond acceptors (Lipinski definition) is 7. The lowest BCUT2D eigenvalue weighted by Gasteiger charge is -2.23. The molecule has 1 saturated heterocycles. The SMILES string of the molecule is CSc1nc2ncnc(N3CCCN(C(=O)C4CC4)CC3)c2s1. The zero-order valence-corrected chi connectivity index (χ0v) is 14.7. The molecule has 0 unspecified atom stereocenters. The normalized spacial score (nSPS) is 19.2. The van der Waals surface area contributed by atoms with Gasteiger partial charge in [0.2, 0.25) is 5.91 Å². The van der Waals surface area contributed by atoms with E-state index in [4.69, 9.17) is 0 Å². The van der Waals surface area contributed by atoms with E-state index in [1.165, 1.54) is 0 Å². The molecular formula is C15H19N5OS2. The van der Waals surface area contributed by atoms with Crippen molar-refractivity contribution >= 4 is 45.2 Å². The standard InChI is InChI=1S/C15H19N5OS2/c1-22-15-18-12-11(23-15)13(17-9-16-12)19-5-2-6-20(8-7-19)14(21)10-3-4-10/h9-10H,2-8H2,1H3.